The van der Waals surface area contributed by atoms with Gasteiger partial charge >= 0.3 is 0 Å². The van der Waals surface area contributed by atoms with Gasteiger partial charge in [-0.1, -0.05) is 41.4 Å². The second-order valence-electron chi connectivity index (χ2n) is 10.9. The second kappa shape index (κ2) is 9.75. The Labute approximate surface area is 230 Å². The lowest BCUT2D eigenvalue weighted by molar-refractivity contribution is -0.125. The molecule has 2 aromatic carbocycles. The molecule has 6 rings (SSSR count). The molecule has 4 aliphatic rings. The zero-order chi connectivity index (χ0) is 26.7. The van der Waals surface area contributed by atoms with E-state index in [1.807, 2.05) is 6.07 Å². The summed E-state index contributed by atoms with van der Waals surface area (Å²) in [6.07, 6.45) is 3.08. The van der Waals surface area contributed by atoms with Gasteiger partial charge in [0.15, 0.2) is 0 Å². The van der Waals surface area contributed by atoms with Gasteiger partial charge in [-0.05, 0) is 67.9 Å². The minimum absolute atomic E-state index is 0.0688. The summed E-state index contributed by atoms with van der Waals surface area (Å²) in [5.41, 5.74) is -0.733. The number of nitrogens with one attached hydrogen (secondary N) is 3. The van der Waals surface area contributed by atoms with Gasteiger partial charge in [-0.3, -0.25) is 14.9 Å². The third-order valence-electron chi connectivity index (χ3n) is 8.99. The van der Waals surface area contributed by atoms with Crippen LogP contribution in [0, 0.1) is 5.82 Å². The summed E-state index contributed by atoms with van der Waals surface area (Å²) in [4.78, 5) is 28.3. The second-order valence-corrected chi connectivity index (χ2v) is 11.7. The van der Waals surface area contributed by atoms with Crippen LogP contribution in [0.5, 0.6) is 0 Å². The molecule has 2 aromatic rings. The first kappa shape index (κ1) is 26.0. The van der Waals surface area contributed by atoms with Crippen LogP contribution in [0.4, 0.5) is 10.1 Å². The lowest BCUT2D eigenvalue weighted by Gasteiger charge is -2.46. The fraction of sp³-hybridized carbons (Fsp3) is 0.500. The van der Waals surface area contributed by atoms with E-state index in [-0.39, 0.29) is 34.5 Å². The predicted octanol–water partition coefficient (Wildman–Crippen LogP) is 4.05. The molecule has 2 spiro atoms. The molecule has 38 heavy (non-hydrogen) atoms. The molecule has 0 aromatic heterocycles. The molecule has 3 aliphatic heterocycles. The van der Waals surface area contributed by atoms with Gasteiger partial charge in [0.25, 0.3) is 0 Å². The third kappa shape index (κ3) is 3.87. The number of carbonyl (C=O) groups is 2. The summed E-state index contributed by atoms with van der Waals surface area (Å²) in [6, 6.07) is 8.94. The van der Waals surface area contributed by atoms with Crippen LogP contribution >= 0.6 is 23.2 Å². The zero-order valence-electron chi connectivity index (χ0n) is 20.7. The van der Waals surface area contributed by atoms with Crippen molar-refractivity contribution >= 4 is 40.7 Å². The number of hydrogen-bond acceptors (Lipinski definition) is 5. The molecule has 3 atom stereocenters. The molecule has 1 unspecified atom stereocenters. The Kier molecular flexibility index (Phi) is 6.68. The number of benzene rings is 2. The van der Waals surface area contributed by atoms with Crippen molar-refractivity contribution in [1.29, 1.82) is 0 Å². The first-order valence-electron chi connectivity index (χ1n) is 13.2. The van der Waals surface area contributed by atoms with E-state index in [1.165, 1.54) is 6.07 Å². The lowest BCUT2D eigenvalue weighted by atomic mass is 9.57. The van der Waals surface area contributed by atoms with E-state index in [2.05, 4.69) is 16.0 Å². The van der Waals surface area contributed by atoms with Gasteiger partial charge in [-0.15, -0.1) is 0 Å². The number of rotatable bonds is 3. The van der Waals surface area contributed by atoms with Crippen molar-refractivity contribution in [3.05, 3.63) is 63.4 Å². The van der Waals surface area contributed by atoms with Crippen molar-refractivity contribution in [2.24, 2.45) is 0 Å². The first-order chi connectivity index (χ1) is 18.3. The minimum atomic E-state index is -1.31. The highest BCUT2D eigenvalue weighted by Crippen LogP contribution is 2.61. The van der Waals surface area contributed by atoms with E-state index >= 15 is 4.39 Å². The van der Waals surface area contributed by atoms with Crippen LogP contribution in [-0.2, 0) is 19.7 Å². The molecule has 10 heteroatoms. The molecule has 0 bridgehead atoms. The molecule has 3 heterocycles. The largest absolute Gasteiger partial charge is 0.393 e. The maximum atomic E-state index is 15.9. The van der Waals surface area contributed by atoms with E-state index < -0.39 is 28.7 Å². The highest BCUT2D eigenvalue weighted by atomic mass is 35.5. The normalized spacial score (nSPS) is 31.8. The maximum Gasteiger partial charge on any atom is 0.238 e. The Hall–Kier alpha value is -2.23. The molecule has 3 fully saturated rings. The highest BCUT2D eigenvalue weighted by Gasteiger charge is 2.72. The Morgan fingerprint density at radius 2 is 1.84 bits per heavy atom. The molecule has 202 valence electrons. The number of amides is 2. The standard InChI is InChI=1S/C28H30Cl2FN3O4/c29-15-4-9-19-21(14-15)33-26(37)28(19)22(18-2-1-3-20(30)23(18)31)24(34-27(28)10-12-38-13-11-27)25(36)32-16-5-7-17(35)8-6-16/h1-4,9,14,16-17,22,24,34-35H,5-8,10-13H2,(H,32,36)(H,33,37)/t16?,17?,22-,24+,28?/m0/s1. The Balaban J connectivity index is 1.53. The smallest absolute Gasteiger partial charge is 0.238 e. The number of fused-ring (bicyclic) bond motifs is 3. The van der Waals surface area contributed by atoms with Crippen LogP contribution < -0.4 is 16.0 Å². The molecular weight excluding hydrogens is 532 g/mol. The number of hydrogen-bond donors (Lipinski definition) is 4. The van der Waals surface area contributed by atoms with E-state index in [4.69, 9.17) is 27.9 Å². The van der Waals surface area contributed by atoms with E-state index in [0.29, 0.717) is 68.0 Å². The molecule has 2 amide bonds. The molecule has 1 aliphatic carbocycles. The Bertz CT molecular complexity index is 1280. The average molecular weight is 562 g/mol. The molecule has 0 radical (unpaired) electrons. The summed E-state index contributed by atoms with van der Waals surface area (Å²) in [6.45, 7) is 0.787. The summed E-state index contributed by atoms with van der Waals surface area (Å²) in [5, 5.41) is 20.0. The monoisotopic (exact) mass is 561 g/mol. The number of anilines is 1. The van der Waals surface area contributed by atoms with Gasteiger partial charge in [-0.2, -0.15) is 0 Å². The maximum absolute atomic E-state index is 15.9. The van der Waals surface area contributed by atoms with Crippen LogP contribution in [-0.4, -0.2) is 53.9 Å². The summed E-state index contributed by atoms with van der Waals surface area (Å²) < 4.78 is 21.6. The van der Waals surface area contributed by atoms with Crippen LogP contribution in [0.15, 0.2) is 36.4 Å². The highest BCUT2D eigenvalue weighted by molar-refractivity contribution is 6.31. The SMILES string of the molecule is O=C(NC1CCC(O)CC1)[C@@H]1NC2(CCOCC2)C2(C(=O)Nc3cc(Cl)ccc32)[C@H]1c1cccc(Cl)c1F. The minimum Gasteiger partial charge on any atom is -0.393 e. The van der Waals surface area contributed by atoms with E-state index in [1.54, 1.807) is 24.3 Å². The van der Waals surface area contributed by atoms with Gasteiger partial charge in [0.1, 0.15) is 11.2 Å². The number of carbonyl (C=O) groups excluding carboxylic acids is 2. The molecular formula is C28H30Cl2FN3O4. The molecule has 4 N–H and O–H groups in total. The quantitative estimate of drug-likeness (QED) is 0.453. The summed E-state index contributed by atoms with van der Waals surface area (Å²) in [7, 11) is 0. The topological polar surface area (TPSA) is 99.7 Å². The fourth-order valence-corrected chi connectivity index (χ4v) is 7.65. The summed E-state index contributed by atoms with van der Waals surface area (Å²) >= 11 is 12.6. The van der Waals surface area contributed by atoms with Crippen molar-refractivity contribution < 1.29 is 23.8 Å². The third-order valence-corrected chi connectivity index (χ3v) is 9.51. The van der Waals surface area contributed by atoms with Crippen LogP contribution in [0.2, 0.25) is 10.0 Å². The molecule has 2 saturated heterocycles. The Morgan fingerprint density at radius 1 is 1.11 bits per heavy atom. The van der Waals surface area contributed by atoms with Gasteiger partial charge in [0, 0.05) is 41.4 Å². The molecule has 1 saturated carbocycles. The number of aliphatic hydroxyl groups is 1. The lowest BCUT2D eigenvalue weighted by Crippen LogP contribution is -2.62. The number of aliphatic hydroxyl groups excluding tert-OH is 1. The fourth-order valence-electron chi connectivity index (χ4n) is 7.29. The van der Waals surface area contributed by atoms with Crippen molar-refractivity contribution in [1.82, 2.24) is 10.6 Å². The van der Waals surface area contributed by atoms with Gasteiger partial charge in [0.2, 0.25) is 11.8 Å². The zero-order valence-corrected chi connectivity index (χ0v) is 22.2. The van der Waals surface area contributed by atoms with Crippen molar-refractivity contribution in [3.8, 4) is 0 Å². The van der Waals surface area contributed by atoms with Crippen LogP contribution in [0.3, 0.4) is 0 Å². The van der Waals surface area contributed by atoms with Crippen molar-refractivity contribution in [3.63, 3.8) is 0 Å². The van der Waals surface area contributed by atoms with Crippen LogP contribution in [0.25, 0.3) is 0 Å². The van der Waals surface area contributed by atoms with Gasteiger partial charge < -0.3 is 20.5 Å². The number of ether oxygens (including phenoxy) is 1. The molecule has 7 nitrogen and oxygen atoms in total. The van der Waals surface area contributed by atoms with Crippen molar-refractivity contribution in [2.75, 3.05) is 18.5 Å². The first-order valence-corrected chi connectivity index (χ1v) is 13.9. The Morgan fingerprint density at radius 3 is 2.58 bits per heavy atom. The average Bonchev–Trinajstić information content (AvgIpc) is 3.35. The van der Waals surface area contributed by atoms with E-state index in [9.17, 15) is 14.7 Å². The van der Waals surface area contributed by atoms with Gasteiger partial charge in [0.05, 0.1) is 17.2 Å². The van der Waals surface area contributed by atoms with Gasteiger partial charge in [-0.25, -0.2) is 4.39 Å². The predicted molar refractivity (Wildman–Crippen MR) is 142 cm³/mol. The summed E-state index contributed by atoms with van der Waals surface area (Å²) in [5.74, 6) is -2.13. The van der Waals surface area contributed by atoms with E-state index in [0.717, 1.165) is 0 Å². The van der Waals surface area contributed by atoms with Crippen LogP contribution in [0.1, 0.15) is 55.6 Å². The van der Waals surface area contributed by atoms with Crippen molar-refractivity contribution in [2.45, 2.75) is 73.6 Å². The number of halogens is 3.